The lowest BCUT2D eigenvalue weighted by atomic mass is 9.93. The van der Waals surface area contributed by atoms with Crippen LogP contribution in [0.1, 0.15) is 22.8 Å². The van der Waals surface area contributed by atoms with Gasteiger partial charge in [-0.1, -0.05) is 36.3 Å². The molecule has 150 valence electrons. The molecule has 0 aliphatic carbocycles. The third-order valence-corrected chi connectivity index (χ3v) is 6.83. The first-order valence-electron chi connectivity index (χ1n) is 8.97. The zero-order valence-electron chi connectivity index (χ0n) is 16.1. The van der Waals surface area contributed by atoms with Crippen LogP contribution in [0.2, 0.25) is 0 Å². The lowest BCUT2D eigenvalue weighted by Crippen LogP contribution is -2.45. The summed E-state index contributed by atoms with van der Waals surface area (Å²) in [5, 5.41) is 4.01. The first-order valence-corrected chi connectivity index (χ1v) is 10.4. The van der Waals surface area contributed by atoms with Crippen molar-refractivity contribution >= 4 is 33.2 Å². The Balaban J connectivity index is 1.60. The second-order valence-corrected chi connectivity index (χ2v) is 8.90. The van der Waals surface area contributed by atoms with Crippen LogP contribution in [0, 0.1) is 5.92 Å². The van der Waals surface area contributed by atoms with E-state index in [2.05, 4.69) is 5.16 Å². The Morgan fingerprint density at radius 3 is 2.38 bits per heavy atom. The molecule has 0 aromatic heterocycles. The number of carbonyl (C=O) groups excluding carboxylic acids is 2. The summed E-state index contributed by atoms with van der Waals surface area (Å²) in [4.78, 5) is 32.7. The quantitative estimate of drug-likeness (QED) is 0.713. The van der Waals surface area contributed by atoms with Crippen LogP contribution in [-0.4, -0.2) is 50.4 Å². The normalized spacial score (nSPS) is 22.1. The van der Waals surface area contributed by atoms with Gasteiger partial charge < -0.3 is 9.74 Å². The highest BCUT2D eigenvalue weighted by Crippen LogP contribution is 2.33. The van der Waals surface area contributed by atoms with Crippen molar-refractivity contribution in [2.45, 2.75) is 17.9 Å². The van der Waals surface area contributed by atoms with Crippen LogP contribution < -0.4 is 4.90 Å². The van der Waals surface area contributed by atoms with Crippen molar-refractivity contribution in [3.05, 3.63) is 59.7 Å². The SMILES string of the molecule is CC1C(c2ccc(N(C)C)cc2)=NOC1C(=O)N1C(=O)c2ccccc2S1(=O)=O. The molecule has 2 unspecified atom stereocenters. The topological polar surface area (TPSA) is 96.3 Å². The van der Waals surface area contributed by atoms with Gasteiger partial charge in [0.2, 0.25) is 6.10 Å². The van der Waals surface area contributed by atoms with E-state index >= 15 is 0 Å². The predicted molar refractivity (Wildman–Crippen MR) is 106 cm³/mol. The highest BCUT2D eigenvalue weighted by molar-refractivity contribution is 7.90. The molecule has 8 nitrogen and oxygen atoms in total. The van der Waals surface area contributed by atoms with Gasteiger partial charge in [0.15, 0.2) is 0 Å². The zero-order valence-corrected chi connectivity index (χ0v) is 16.9. The molecule has 0 radical (unpaired) electrons. The molecular formula is C20H19N3O5S. The molecule has 4 rings (SSSR count). The Bertz CT molecular complexity index is 1140. The maximum Gasteiger partial charge on any atom is 0.288 e. The predicted octanol–water partition coefficient (Wildman–Crippen LogP) is 1.86. The molecule has 2 aromatic rings. The van der Waals surface area contributed by atoms with Gasteiger partial charge in [0.05, 0.1) is 17.2 Å². The molecule has 0 saturated heterocycles. The highest BCUT2D eigenvalue weighted by atomic mass is 32.2. The van der Waals surface area contributed by atoms with Crippen molar-refractivity contribution in [3.8, 4) is 0 Å². The number of anilines is 1. The van der Waals surface area contributed by atoms with Crippen molar-refractivity contribution in [2.24, 2.45) is 11.1 Å². The number of oxime groups is 1. The molecule has 2 atom stereocenters. The van der Waals surface area contributed by atoms with E-state index in [4.69, 9.17) is 4.84 Å². The molecule has 2 aliphatic rings. The monoisotopic (exact) mass is 413 g/mol. The third-order valence-electron chi connectivity index (χ3n) is 5.09. The number of hydrogen-bond acceptors (Lipinski definition) is 7. The lowest BCUT2D eigenvalue weighted by Gasteiger charge is -2.19. The fraction of sp³-hybridized carbons (Fsp3) is 0.250. The number of carbonyl (C=O) groups is 2. The number of fused-ring (bicyclic) bond motifs is 1. The maximum absolute atomic E-state index is 13.0. The number of amides is 2. The van der Waals surface area contributed by atoms with Gasteiger partial charge in [-0.05, 0) is 29.8 Å². The summed E-state index contributed by atoms with van der Waals surface area (Å²) in [6, 6.07) is 13.3. The Morgan fingerprint density at radius 1 is 1.10 bits per heavy atom. The molecule has 29 heavy (non-hydrogen) atoms. The Kier molecular flexibility index (Phi) is 4.42. The fourth-order valence-electron chi connectivity index (χ4n) is 3.46. The van der Waals surface area contributed by atoms with Gasteiger partial charge in [0.1, 0.15) is 4.90 Å². The van der Waals surface area contributed by atoms with E-state index in [0.717, 1.165) is 11.3 Å². The molecule has 2 amide bonds. The van der Waals surface area contributed by atoms with Crippen molar-refractivity contribution in [3.63, 3.8) is 0 Å². The minimum absolute atomic E-state index is 0.0214. The van der Waals surface area contributed by atoms with Crippen LogP contribution in [0.15, 0.2) is 58.6 Å². The molecular weight excluding hydrogens is 394 g/mol. The molecule has 2 aliphatic heterocycles. The highest BCUT2D eigenvalue weighted by Gasteiger charge is 2.50. The van der Waals surface area contributed by atoms with E-state index in [1.165, 1.54) is 18.2 Å². The van der Waals surface area contributed by atoms with E-state index < -0.39 is 33.9 Å². The van der Waals surface area contributed by atoms with Crippen LogP contribution >= 0.6 is 0 Å². The number of hydrogen-bond donors (Lipinski definition) is 0. The summed E-state index contributed by atoms with van der Waals surface area (Å²) >= 11 is 0. The minimum atomic E-state index is -4.26. The second-order valence-electron chi connectivity index (χ2n) is 7.14. The molecule has 0 N–H and O–H groups in total. The van der Waals surface area contributed by atoms with Gasteiger partial charge >= 0.3 is 0 Å². The molecule has 0 bridgehead atoms. The summed E-state index contributed by atoms with van der Waals surface area (Å²) in [6.07, 6.45) is -1.20. The van der Waals surface area contributed by atoms with Crippen LogP contribution in [-0.2, 0) is 19.7 Å². The Morgan fingerprint density at radius 2 is 1.76 bits per heavy atom. The number of sulfonamides is 1. The van der Waals surface area contributed by atoms with Crippen molar-refractivity contribution in [2.75, 3.05) is 19.0 Å². The van der Waals surface area contributed by atoms with Gasteiger partial charge in [-0.15, -0.1) is 0 Å². The van der Waals surface area contributed by atoms with E-state index in [9.17, 15) is 18.0 Å². The molecule has 2 aromatic carbocycles. The summed E-state index contributed by atoms with van der Waals surface area (Å²) in [7, 11) is -0.406. The smallest absolute Gasteiger partial charge is 0.288 e. The molecule has 0 fully saturated rings. The summed E-state index contributed by atoms with van der Waals surface area (Å²) in [5.41, 5.74) is 2.26. The van der Waals surface area contributed by atoms with Gasteiger partial charge in [0, 0.05) is 19.8 Å². The van der Waals surface area contributed by atoms with Crippen LogP contribution in [0.5, 0.6) is 0 Å². The zero-order chi connectivity index (χ0) is 20.9. The summed E-state index contributed by atoms with van der Waals surface area (Å²) < 4.78 is 25.8. The lowest BCUT2D eigenvalue weighted by molar-refractivity contribution is -0.136. The van der Waals surface area contributed by atoms with Crippen molar-refractivity contribution in [1.29, 1.82) is 0 Å². The van der Waals surface area contributed by atoms with Gasteiger partial charge in [-0.25, -0.2) is 8.42 Å². The standard InChI is InChI=1S/C20H19N3O5S/c1-12-17(13-8-10-14(11-9-13)22(2)3)21-28-18(12)20(25)23-19(24)15-6-4-5-7-16(15)29(23,26)27/h4-12,18H,1-3H3. The average Bonchev–Trinajstić information content (AvgIpc) is 3.17. The van der Waals surface area contributed by atoms with E-state index in [0.29, 0.717) is 10.0 Å². The number of imide groups is 1. The van der Waals surface area contributed by atoms with E-state index in [1.807, 2.05) is 43.3 Å². The van der Waals surface area contributed by atoms with Crippen LogP contribution in [0.4, 0.5) is 5.69 Å². The van der Waals surface area contributed by atoms with Gasteiger partial charge in [-0.2, -0.15) is 4.31 Å². The molecule has 0 saturated carbocycles. The first-order chi connectivity index (χ1) is 13.7. The summed E-state index contributed by atoms with van der Waals surface area (Å²) in [6.45, 7) is 1.72. The third kappa shape index (κ3) is 2.89. The number of nitrogens with zero attached hydrogens (tertiary/aromatic N) is 3. The maximum atomic E-state index is 13.0. The van der Waals surface area contributed by atoms with Crippen LogP contribution in [0.25, 0.3) is 0 Å². The second kappa shape index (κ2) is 6.70. The van der Waals surface area contributed by atoms with Gasteiger partial charge in [0.25, 0.3) is 21.8 Å². The first kappa shape index (κ1) is 19.1. The number of rotatable bonds is 3. The Hall–Kier alpha value is -3.20. The number of benzene rings is 2. The fourth-order valence-corrected chi connectivity index (χ4v) is 4.99. The average molecular weight is 413 g/mol. The van der Waals surface area contributed by atoms with Crippen molar-refractivity contribution in [1.82, 2.24) is 4.31 Å². The largest absolute Gasteiger partial charge is 0.381 e. The molecule has 2 heterocycles. The molecule has 9 heteroatoms. The van der Waals surface area contributed by atoms with Crippen LogP contribution in [0.3, 0.4) is 0 Å². The minimum Gasteiger partial charge on any atom is -0.381 e. The Labute approximate surface area is 168 Å². The van der Waals surface area contributed by atoms with E-state index in [-0.39, 0.29) is 10.5 Å². The van der Waals surface area contributed by atoms with Crippen molar-refractivity contribution < 1.29 is 22.8 Å². The summed E-state index contributed by atoms with van der Waals surface area (Å²) in [5.74, 6) is -2.34. The molecule has 0 spiro atoms. The van der Waals surface area contributed by atoms with Gasteiger partial charge in [-0.3, -0.25) is 9.59 Å². The van der Waals surface area contributed by atoms with E-state index in [1.54, 1.807) is 13.0 Å².